The molecule has 0 saturated carbocycles. The summed E-state index contributed by atoms with van der Waals surface area (Å²) in [5, 5.41) is 82.0. The number of benzene rings is 3. The molecule has 14 amide bonds. The van der Waals surface area contributed by atoms with Crippen LogP contribution in [0.25, 0.3) is 21.8 Å². The van der Waals surface area contributed by atoms with Crippen LogP contribution in [0.5, 0.6) is 5.75 Å². The van der Waals surface area contributed by atoms with Crippen molar-refractivity contribution >= 4 is 122 Å². The van der Waals surface area contributed by atoms with Crippen LogP contribution in [0.3, 0.4) is 0 Å². The number of rotatable bonds is 50. The molecule has 0 spiro atoms. The van der Waals surface area contributed by atoms with Crippen molar-refractivity contribution in [3.63, 3.8) is 0 Å². The van der Waals surface area contributed by atoms with E-state index in [2.05, 4.69) is 73.8 Å². The fourth-order valence-electron chi connectivity index (χ4n) is 15.4. The molecule has 15 atom stereocenters. The van der Waals surface area contributed by atoms with Gasteiger partial charge in [0.2, 0.25) is 82.7 Å². The van der Waals surface area contributed by atoms with Gasteiger partial charge in [-0.15, -0.1) is 0 Å². The average molecular weight is 1770 g/mol. The molecule has 0 radical (unpaired) electrons. The fraction of sp³-hybridized carbons (Fsp3) is 0.547. The minimum absolute atomic E-state index is 0.0243. The Balaban J connectivity index is 1.08. The number of carboxylic acids is 2. The van der Waals surface area contributed by atoms with Crippen LogP contribution in [-0.4, -0.2) is 258 Å². The van der Waals surface area contributed by atoms with Crippen molar-refractivity contribution in [2.75, 3.05) is 26.2 Å². The highest BCUT2D eigenvalue weighted by atomic mass is 16.4. The summed E-state index contributed by atoms with van der Waals surface area (Å²) < 4.78 is 0. The number of phenols is 1. The van der Waals surface area contributed by atoms with Crippen molar-refractivity contribution in [2.45, 2.75) is 255 Å². The van der Waals surface area contributed by atoms with Crippen molar-refractivity contribution in [1.82, 2.24) is 83.6 Å². The van der Waals surface area contributed by atoms with Crippen molar-refractivity contribution in [3.8, 4) is 5.75 Å². The molecule has 41 heteroatoms. The number of phenolic OH excluding ortho intramolecular Hbond substituents is 1. The smallest absolute Gasteiger partial charge is 0.326 e. The van der Waals surface area contributed by atoms with E-state index in [1.807, 2.05) is 19.9 Å². The molecule has 694 valence electrons. The number of nitrogens with one attached hydrogen (secondary N) is 15. The summed E-state index contributed by atoms with van der Waals surface area (Å²) >= 11 is 0. The van der Waals surface area contributed by atoms with Crippen LogP contribution in [0.4, 0.5) is 0 Å². The van der Waals surface area contributed by atoms with Gasteiger partial charge in [-0.2, -0.15) is 0 Å². The molecule has 5 aromatic rings. The molecule has 4 heterocycles. The van der Waals surface area contributed by atoms with E-state index < -0.39 is 198 Å². The molecule has 2 aliphatic rings. The number of aliphatic carboxylic acids is 2. The van der Waals surface area contributed by atoms with Gasteiger partial charge in [0.25, 0.3) is 0 Å². The Morgan fingerprint density at radius 2 is 0.874 bits per heavy atom. The number of H-pyrrole nitrogens is 2. The second kappa shape index (κ2) is 48.6. The number of aromatic amines is 2. The number of carbonyl (C=O) groups is 16. The van der Waals surface area contributed by atoms with Crippen LogP contribution in [-0.2, 0) is 96.0 Å². The van der Waals surface area contributed by atoms with E-state index in [0.29, 0.717) is 51.3 Å². The van der Waals surface area contributed by atoms with E-state index in [0.717, 1.165) is 4.90 Å². The number of carbonyl (C=O) groups excluding carboxylic acids is 14. The van der Waals surface area contributed by atoms with Gasteiger partial charge >= 0.3 is 11.9 Å². The average Bonchev–Trinajstić information content (AvgIpc) is 1.75. The summed E-state index contributed by atoms with van der Waals surface area (Å²) in [4.78, 5) is 235. The number of aromatic hydroxyl groups is 1. The maximum Gasteiger partial charge on any atom is 0.326 e. The van der Waals surface area contributed by atoms with Crippen LogP contribution >= 0.6 is 0 Å². The number of hydrogen-bond donors (Lipinski definition) is 23. The maximum atomic E-state index is 15.1. The number of aromatic nitrogens is 2. The van der Waals surface area contributed by atoms with Crippen LogP contribution in [0.1, 0.15) is 162 Å². The first-order valence-electron chi connectivity index (χ1n) is 42.9. The lowest BCUT2D eigenvalue weighted by Gasteiger charge is -2.31. The van der Waals surface area contributed by atoms with Crippen molar-refractivity contribution in [2.24, 2.45) is 40.7 Å². The lowest BCUT2D eigenvalue weighted by Crippen LogP contribution is -2.62. The molecule has 2 aliphatic heterocycles. The van der Waals surface area contributed by atoms with Gasteiger partial charge in [0.15, 0.2) is 5.96 Å². The summed E-state index contributed by atoms with van der Waals surface area (Å²) in [6.07, 6.45) is 0.143. The molecule has 2 aromatic heterocycles. The zero-order chi connectivity index (χ0) is 93.6. The van der Waals surface area contributed by atoms with E-state index in [9.17, 15) is 87.5 Å². The van der Waals surface area contributed by atoms with Crippen LogP contribution < -0.4 is 86.7 Å². The van der Waals surface area contributed by atoms with Gasteiger partial charge < -0.3 is 127 Å². The number of likely N-dealkylation sites (tertiary alicyclic amines) is 2. The first kappa shape index (κ1) is 101. The summed E-state index contributed by atoms with van der Waals surface area (Å²) in [7, 11) is 0. The number of guanidine groups is 1. The second-order valence-electron chi connectivity index (χ2n) is 33.8. The topological polar surface area (TPSA) is 664 Å². The van der Waals surface area contributed by atoms with Crippen molar-refractivity contribution < 1.29 is 97.1 Å². The Morgan fingerprint density at radius 1 is 0.465 bits per heavy atom. The van der Waals surface area contributed by atoms with Gasteiger partial charge in [0.05, 0.1) is 25.0 Å². The van der Waals surface area contributed by atoms with E-state index in [4.69, 9.17) is 28.3 Å². The largest absolute Gasteiger partial charge is 0.508 e. The standard InChI is InChI=1S/C86H125N21O20/c1-44(2)34-59(74(115)100-63(39-51-43-94-56-21-12-10-19-54(51)56)77(118)103-65(36-46(5)6)83(124)106-32-16-24-67(106)80(121)96-58(85(126)127)23-15-31-92-86(90)91)98-73(114)57(22-13-14-30-87)95-82(123)71(48(8)108)105-79(120)60(35-45(3)4)102-81(122)68-25-17-33-107(68)84(125)66(41-70(111)112)104-75(116)61(37-49-26-28-52(109)29-27-49)99-76(117)62(38-50-42-93-55-20-11-9-18-53(50)55)101-78(119)64(40-69(89)110)97-72(113)47(7)88/h9-12,18-21,26-29,42-48,57-68,71,93-94,108-109H,13-17,22-25,30-41,87-88H2,1-8H3,(H2,89,110)(H,95,123)(H,96,121)(H,97,113)(H,98,114)(H,99,117)(H,100,115)(H,101,119)(H,102,122)(H,103,118)(H,104,116)(H,105,120)(H,111,112)(H,126,127)(H4,90,91,92)/t47-,48+,57-,58-,59-,60-,61-,62-,63-,64-,65-,66-,67-,68-,71-/m0/s1. The number of unbranched alkanes of at least 4 members (excludes halogenated alkanes) is 1. The Kier molecular flexibility index (Phi) is 38.8. The third-order valence-corrected chi connectivity index (χ3v) is 21.8. The number of aliphatic hydroxyl groups excluding tert-OH is 1. The predicted octanol–water partition coefficient (Wildman–Crippen LogP) is -1.61. The number of fused-ring (bicyclic) bond motifs is 2. The highest BCUT2D eigenvalue weighted by molar-refractivity contribution is 6.02. The molecular formula is C86H125N21O20. The normalized spacial score (nSPS) is 16.9. The van der Waals surface area contributed by atoms with E-state index in [-0.39, 0.29) is 139 Å². The number of amides is 14. The first-order valence-corrected chi connectivity index (χ1v) is 42.9. The van der Waals surface area contributed by atoms with Crippen molar-refractivity contribution in [1.29, 1.82) is 5.41 Å². The molecule has 0 unspecified atom stereocenters. The third kappa shape index (κ3) is 30.8. The number of aliphatic hydroxyl groups is 1. The number of nitrogens with zero attached hydrogens (tertiary/aromatic N) is 2. The van der Waals surface area contributed by atoms with Crippen LogP contribution in [0, 0.1) is 23.2 Å². The first-order chi connectivity index (χ1) is 60.1. The van der Waals surface area contributed by atoms with Crippen molar-refractivity contribution in [3.05, 3.63) is 102 Å². The molecule has 7 rings (SSSR count). The Bertz CT molecular complexity index is 4700. The van der Waals surface area contributed by atoms with E-state index in [1.54, 1.807) is 82.6 Å². The van der Waals surface area contributed by atoms with Gasteiger partial charge in [0, 0.05) is 73.1 Å². The minimum atomic E-state index is -1.95. The lowest BCUT2D eigenvalue weighted by atomic mass is 9.98. The Morgan fingerprint density at radius 3 is 1.35 bits per heavy atom. The number of primary amides is 1. The van der Waals surface area contributed by atoms with Gasteiger partial charge in [-0.1, -0.05) is 90.1 Å². The summed E-state index contributed by atoms with van der Waals surface area (Å²) in [5.41, 5.74) is 25.2. The summed E-state index contributed by atoms with van der Waals surface area (Å²) in [6, 6.07) is -1.35. The van der Waals surface area contributed by atoms with Crippen LogP contribution in [0.2, 0.25) is 0 Å². The Labute approximate surface area is 735 Å². The molecule has 41 nitrogen and oxygen atoms in total. The molecule has 27 N–H and O–H groups in total. The quantitative estimate of drug-likeness (QED) is 0.0118. The zero-order valence-corrected chi connectivity index (χ0v) is 72.8. The van der Waals surface area contributed by atoms with Gasteiger partial charge in [-0.25, -0.2) is 4.79 Å². The second-order valence-corrected chi connectivity index (χ2v) is 33.8. The van der Waals surface area contributed by atoms with Crippen LogP contribution in [0.15, 0.2) is 85.2 Å². The molecular weight excluding hydrogens is 1650 g/mol. The number of nitrogens with two attached hydrogens (primary N) is 4. The molecule has 2 fully saturated rings. The molecule has 127 heavy (non-hydrogen) atoms. The lowest BCUT2D eigenvalue weighted by molar-refractivity contribution is -0.146. The zero-order valence-electron chi connectivity index (χ0n) is 72.8. The molecule has 0 bridgehead atoms. The van der Waals surface area contributed by atoms with Gasteiger partial charge in [-0.05, 0) is 156 Å². The monoisotopic (exact) mass is 1770 g/mol. The SMILES string of the molecule is CC(C)C[C@H](NC(=O)[C@H](CCCCN)NC(=O)[C@@H](NC(=O)[C@H](CC(C)C)NC(=O)[C@@H]1CCCN1C(=O)[C@H](CC(=O)O)NC(=O)[C@H](Cc1ccc(O)cc1)NC(=O)[C@H](Cc1c[nH]c2ccccc12)NC(=O)[C@H](CC(N)=O)NC(=O)[C@H](C)N)[C@@H](C)O)C(=O)N[C@@H](Cc1c[nH]c2ccccc12)C(=O)N[C@@H](CC(C)C)C(=O)N1CCC[C@H]1C(=O)N[C@@H](CCCNC(=N)N)C(=O)O. The number of para-hydroxylation sites is 2. The van der Waals surface area contributed by atoms with E-state index >= 15 is 9.59 Å². The molecule has 2 saturated heterocycles. The summed E-state index contributed by atoms with van der Waals surface area (Å²) in [5.74, 6) is -17.4. The Hall–Kier alpha value is -12.8. The minimum Gasteiger partial charge on any atom is -0.508 e. The number of hydrogen-bond acceptors (Lipinski definition) is 21. The van der Waals surface area contributed by atoms with Gasteiger partial charge in [0.1, 0.15) is 84.3 Å². The fourth-order valence-corrected chi connectivity index (χ4v) is 15.4. The molecule has 0 aliphatic carbocycles. The molecule has 3 aromatic carbocycles. The third-order valence-electron chi connectivity index (χ3n) is 21.8. The van der Waals surface area contributed by atoms with E-state index in [1.165, 1.54) is 43.0 Å². The van der Waals surface area contributed by atoms with Gasteiger partial charge in [-0.3, -0.25) is 77.3 Å². The summed E-state index contributed by atoms with van der Waals surface area (Å²) in [6.45, 7) is 13.4. The highest BCUT2D eigenvalue weighted by Gasteiger charge is 2.45. The predicted molar refractivity (Wildman–Crippen MR) is 466 cm³/mol. The maximum absolute atomic E-state index is 15.1. The number of carboxylic acid groups (broad SMARTS) is 2. The highest BCUT2D eigenvalue weighted by Crippen LogP contribution is 2.27.